The van der Waals surface area contributed by atoms with E-state index in [2.05, 4.69) is 5.16 Å². The molecule has 0 bridgehead atoms. The van der Waals surface area contributed by atoms with Crippen molar-refractivity contribution in [2.24, 2.45) is 16.3 Å². The molecule has 0 radical (unpaired) electrons. The molecule has 1 aliphatic rings. The predicted octanol–water partition coefficient (Wildman–Crippen LogP) is 0.0952. The molecule has 3 N–H and O–H groups in total. The molecule has 0 aliphatic carbocycles. The number of sulfone groups is 1. The van der Waals surface area contributed by atoms with Crippen molar-refractivity contribution in [1.29, 1.82) is 0 Å². The summed E-state index contributed by atoms with van der Waals surface area (Å²) in [4.78, 5) is 13.9. The van der Waals surface area contributed by atoms with Gasteiger partial charge in [0, 0.05) is 23.8 Å². The highest BCUT2D eigenvalue weighted by Crippen LogP contribution is 2.27. The Bertz CT molecular complexity index is 502. The Morgan fingerprint density at radius 1 is 1.55 bits per heavy atom. The summed E-state index contributed by atoms with van der Waals surface area (Å²) in [6.45, 7) is 4.94. The van der Waals surface area contributed by atoms with Crippen LogP contribution in [0.1, 0.15) is 20.8 Å². The standard InChI is InChI=1S/C11H21N3O4S2/c1-4-20(17,18)8-7-19-6-5-14(8)10(15)11(2,3)9(12)13-16/h8,16H,4-7H2,1-3H3,(H2,12,13). The summed E-state index contributed by atoms with van der Waals surface area (Å²) in [7, 11) is -3.37. The number of carbonyl (C=O) groups excluding carboxylic acids is 1. The molecule has 1 fully saturated rings. The van der Waals surface area contributed by atoms with Gasteiger partial charge in [-0.1, -0.05) is 12.1 Å². The van der Waals surface area contributed by atoms with Gasteiger partial charge in [-0.25, -0.2) is 8.42 Å². The Morgan fingerprint density at radius 3 is 2.65 bits per heavy atom. The van der Waals surface area contributed by atoms with Gasteiger partial charge >= 0.3 is 0 Å². The average Bonchev–Trinajstić information content (AvgIpc) is 2.45. The number of hydrogen-bond donors (Lipinski definition) is 2. The van der Waals surface area contributed by atoms with Crippen LogP contribution in [0.15, 0.2) is 5.16 Å². The fourth-order valence-corrected chi connectivity index (χ4v) is 4.86. The molecule has 1 heterocycles. The van der Waals surface area contributed by atoms with Gasteiger partial charge in [0.1, 0.15) is 10.8 Å². The van der Waals surface area contributed by atoms with Gasteiger partial charge in [-0.2, -0.15) is 11.8 Å². The molecule has 0 saturated carbocycles. The van der Waals surface area contributed by atoms with E-state index < -0.39 is 26.5 Å². The minimum Gasteiger partial charge on any atom is -0.409 e. The van der Waals surface area contributed by atoms with Crippen molar-refractivity contribution >= 4 is 33.3 Å². The first kappa shape index (κ1) is 17.1. The molecule has 1 unspecified atom stereocenters. The van der Waals surface area contributed by atoms with Crippen molar-refractivity contribution < 1.29 is 18.4 Å². The summed E-state index contributed by atoms with van der Waals surface area (Å²) in [6, 6.07) is 0. The van der Waals surface area contributed by atoms with E-state index >= 15 is 0 Å². The molecule has 0 aromatic rings. The molecule has 1 saturated heterocycles. The lowest BCUT2D eigenvalue weighted by molar-refractivity contribution is -0.137. The Kier molecular flexibility index (Phi) is 5.31. The minimum atomic E-state index is -3.37. The highest BCUT2D eigenvalue weighted by atomic mass is 32.2. The minimum absolute atomic E-state index is 0.0218. The van der Waals surface area contributed by atoms with E-state index in [0.29, 0.717) is 18.1 Å². The first-order valence-corrected chi connectivity index (χ1v) is 9.13. The van der Waals surface area contributed by atoms with Crippen LogP contribution in [0.5, 0.6) is 0 Å². The first-order valence-electron chi connectivity index (χ1n) is 6.26. The zero-order chi connectivity index (χ0) is 15.6. The second kappa shape index (κ2) is 6.21. The fourth-order valence-electron chi connectivity index (χ4n) is 1.90. The van der Waals surface area contributed by atoms with Crippen molar-refractivity contribution in [2.45, 2.75) is 26.1 Å². The maximum atomic E-state index is 12.6. The van der Waals surface area contributed by atoms with Crippen LogP contribution in [0.4, 0.5) is 0 Å². The van der Waals surface area contributed by atoms with Gasteiger partial charge in [0.25, 0.3) is 0 Å². The molecule has 1 rings (SSSR count). The Morgan fingerprint density at radius 2 is 2.15 bits per heavy atom. The van der Waals surface area contributed by atoms with E-state index in [-0.39, 0.29) is 11.6 Å². The number of thioether (sulfide) groups is 1. The number of nitrogens with zero attached hydrogens (tertiary/aromatic N) is 2. The lowest BCUT2D eigenvalue weighted by atomic mass is 9.90. The zero-order valence-corrected chi connectivity index (χ0v) is 13.5. The molecule has 9 heteroatoms. The van der Waals surface area contributed by atoms with E-state index in [9.17, 15) is 13.2 Å². The van der Waals surface area contributed by atoms with E-state index in [1.165, 1.54) is 30.5 Å². The summed E-state index contributed by atoms with van der Waals surface area (Å²) in [5.41, 5.74) is 4.31. The largest absolute Gasteiger partial charge is 0.409 e. The number of oxime groups is 1. The van der Waals surface area contributed by atoms with Gasteiger partial charge in [0.05, 0.1) is 0 Å². The van der Waals surface area contributed by atoms with Crippen LogP contribution >= 0.6 is 11.8 Å². The molecule has 7 nitrogen and oxygen atoms in total. The van der Waals surface area contributed by atoms with Gasteiger partial charge in [0.15, 0.2) is 15.7 Å². The van der Waals surface area contributed by atoms with Crippen LogP contribution < -0.4 is 5.73 Å². The zero-order valence-electron chi connectivity index (χ0n) is 11.9. The highest BCUT2D eigenvalue weighted by molar-refractivity contribution is 8.01. The lowest BCUT2D eigenvalue weighted by Gasteiger charge is -2.38. The molecule has 20 heavy (non-hydrogen) atoms. The second-order valence-corrected chi connectivity index (χ2v) is 8.69. The molecule has 0 spiro atoms. The van der Waals surface area contributed by atoms with Crippen molar-refractivity contribution in [1.82, 2.24) is 4.90 Å². The third-order valence-corrected chi connectivity index (χ3v) is 6.73. The number of amidine groups is 1. The normalized spacial score (nSPS) is 21.9. The van der Waals surface area contributed by atoms with Crippen LogP contribution in [-0.4, -0.2) is 59.4 Å². The monoisotopic (exact) mass is 323 g/mol. The Hall–Kier alpha value is -0.960. The topological polar surface area (TPSA) is 113 Å². The summed E-state index contributed by atoms with van der Waals surface area (Å²) < 4.78 is 24.2. The quantitative estimate of drug-likeness (QED) is 0.328. The molecule has 1 amide bonds. The number of rotatable bonds is 4. The molecular formula is C11H21N3O4S2. The number of amides is 1. The maximum absolute atomic E-state index is 12.6. The fraction of sp³-hybridized carbons (Fsp3) is 0.818. The Labute approximate surface area is 123 Å². The molecule has 116 valence electrons. The van der Waals surface area contributed by atoms with Gasteiger partial charge in [0.2, 0.25) is 5.91 Å². The van der Waals surface area contributed by atoms with Crippen LogP contribution in [0.25, 0.3) is 0 Å². The summed E-state index contributed by atoms with van der Waals surface area (Å²) in [5, 5.41) is 10.8. The number of nitrogens with two attached hydrogens (primary N) is 1. The van der Waals surface area contributed by atoms with Crippen LogP contribution in [-0.2, 0) is 14.6 Å². The smallest absolute Gasteiger partial charge is 0.237 e. The molecule has 1 atom stereocenters. The van der Waals surface area contributed by atoms with Crippen molar-refractivity contribution in [3.8, 4) is 0 Å². The van der Waals surface area contributed by atoms with Gasteiger partial charge in [-0.3, -0.25) is 4.79 Å². The summed E-state index contributed by atoms with van der Waals surface area (Å²) >= 11 is 1.51. The van der Waals surface area contributed by atoms with Crippen LogP contribution in [0.3, 0.4) is 0 Å². The summed E-state index contributed by atoms with van der Waals surface area (Å²) in [5.74, 6) is 0.344. The van der Waals surface area contributed by atoms with E-state index in [1.807, 2.05) is 0 Å². The van der Waals surface area contributed by atoms with Gasteiger partial charge in [-0.15, -0.1) is 0 Å². The highest BCUT2D eigenvalue weighted by Gasteiger charge is 2.43. The Balaban J connectivity index is 3.12. The van der Waals surface area contributed by atoms with Gasteiger partial charge < -0.3 is 15.8 Å². The average molecular weight is 323 g/mol. The third-order valence-electron chi connectivity index (χ3n) is 3.45. The molecular weight excluding hydrogens is 302 g/mol. The molecule has 0 aromatic carbocycles. The van der Waals surface area contributed by atoms with Crippen LogP contribution in [0, 0.1) is 5.41 Å². The van der Waals surface area contributed by atoms with E-state index in [1.54, 1.807) is 6.92 Å². The number of hydrogen-bond acceptors (Lipinski definition) is 6. The number of carbonyl (C=O) groups is 1. The van der Waals surface area contributed by atoms with Crippen molar-refractivity contribution in [3.05, 3.63) is 0 Å². The van der Waals surface area contributed by atoms with Gasteiger partial charge in [-0.05, 0) is 13.8 Å². The molecule has 0 aromatic heterocycles. The van der Waals surface area contributed by atoms with Crippen molar-refractivity contribution in [3.63, 3.8) is 0 Å². The predicted molar refractivity (Wildman–Crippen MR) is 79.5 cm³/mol. The van der Waals surface area contributed by atoms with E-state index in [4.69, 9.17) is 10.9 Å². The van der Waals surface area contributed by atoms with E-state index in [0.717, 1.165) is 0 Å². The second-order valence-electron chi connectivity index (χ2n) is 5.09. The SMILES string of the molecule is CCS(=O)(=O)C1CSCCN1C(=O)C(C)(C)C(N)=NO. The third kappa shape index (κ3) is 3.20. The lowest BCUT2D eigenvalue weighted by Crippen LogP contribution is -2.56. The molecule has 1 aliphatic heterocycles. The van der Waals surface area contributed by atoms with Crippen molar-refractivity contribution in [2.75, 3.05) is 23.8 Å². The maximum Gasteiger partial charge on any atom is 0.237 e. The van der Waals surface area contributed by atoms with Crippen LogP contribution in [0.2, 0.25) is 0 Å². The first-order chi connectivity index (χ1) is 9.18. The summed E-state index contributed by atoms with van der Waals surface area (Å²) in [6.07, 6.45) is 0.